The van der Waals surface area contributed by atoms with E-state index in [1.54, 1.807) is 4.90 Å². The normalized spacial score (nSPS) is 32.4. The molecule has 7 heteroatoms. The van der Waals surface area contributed by atoms with Crippen molar-refractivity contribution in [2.24, 2.45) is 5.92 Å². The van der Waals surface area contributed by atoms with Crippen LogP contribution in [0.1, 0.15) is 19.8 Å². The average Bonchev–Trinajstić information content (AvgIpc) is 2.52. The molecule has 18 heavy (non-hydrogen) atoms. The molecule has 2 rings (SSSR count). The minimum atomic E-state index is -3.09. The van der Waals surface area contributed by atoms with E-state index in [4.69, 9.17) is 11.6 Å². The SMILES string of the molecule is CC1CCN(C(=O)NC2CS(=O)(=O)CC2Cl)CC1. The van der Waals surface area contributed by atoms with Gasteiger partial charge in [0.05, 0.1) is 22.9 Å². The lowest BCUT2D eigenvalue weighted by Gasteiger charge is -2.31. The molecule has 2 fully saturated rings. The van der Waals surface area contributed by atoms with E-state index in [1.165, 1.54) is 0 Å². The molecule has 2 saturated heterocycles. The van der Waals surface area contributed by atoms with Crippen LogP contribution in [0.4, 0.5) is 4.79 Å². The highest BCUT2D eigenvalue weighted by Crippen LogP contribution is 2.20. The van der Waals surface area contributed by atoms with Crippen molar-refractivity contribution in [2.75, 3.05) is 24.6 Å². The smallest absolute Gasteiger partial charge is 0.317 e. The Morgan fingerprint density at radius 1 is 1.28 bits per heavy atom. The number of rotatable bonds is 1. The number of amides is 2. The fraction of sp³-hybridized carbons (Fsp3) is 0.909. The lowest BCUT2D eigenvalue weighted by atomic mass is 10.00. The molecular weight excluding hydrogens is 276 g/mol. The molecule has 0 saturated carbocycles. The summed E-state index contributed by atoms with van der Waals surface area (Å²) in [6.45, 7) is 3.65. The molecule has 2 aliphatic heterocycles. The fourth-order valence-corrected chi connectivity index (χ4v) is 4.95. The zero-order valence-electron chi connectivity index (χ0n) is 10.4. The summed E-state index contributed by atoms with van der Waals surface area (Å²) in [6, 6.07) is -0.641. The molecule has 0 aromatic carbocycles. The summed E-state index contributed by atoms with van der Waals surface area (Å²) < 4.78 is 22.8. The second-order valence-corrected chi connectivity index (χ2v) is 8.03. The Labute approximate surface area is 113 Å². The summed E-state index contributed by atoms with van der Waals surface area (Å²) in [7, 11) is -3.09. The van der Waals surface area contributed by atoms with Crippen LogP contribution >= 0.6 is 11.6 Å². The van der Waals surface area contributed by atoms with Gasteiger partial charge in [-0.25, -0.2) is 13.2 Å². The average molecular weight is 295 g/mol. The van der Waals surface area contributed by atoms with E-state index >= 15 is 0 Å². The Balaban J connectivity index is 1.88. The predicted molar refractivity (Wildman–Crippen MR) is 70.6 cm³/mol. The molecule has 2 unspecified atom stereocenters. The van der Waals surface area contributed by atoms with Crippen LogP contribution in [0.25, 0.3) is 0 Å². The van der Waals surface area contributed by atoms with Gasteiger partial charge in [0.25, 0.3) is 0 Å². The van der Waals surface area contributed by atoms with E-state index in [-0.39, 0.29) is 17.5 Å². The zero-order chi connectivity index (χ0) is 13.3. The summed E-state index contributed by atoms with van der Waals surface area (Å²) in [6.07, 6.45) is 2.00. The van der Waals surface area contributed by atoms with Crippen molar-refractivity contribution in [2.45, 2.75) is 31.2 Å². The van der Waals surface area contributed by atoms with Crippen LogP contribution in [-0.4, -0.2) is 55.4 Å². The summed E-state index contributed by atoms with van der Waals surface area (Å²) in [5.41, 5.74) is 0. The van der Waals surface area contributed by atoms with Crippen LogP contribution in [0.5, 0.6) is 0 Å². The molecule has 1 N–H and O–H groups in total. The second kappa shape index (κ2) is 5.25. The number of urea groups is 1. The van der Waals surface area contributed by atoms with Crippen molar-refractivity contribution in [1.29, 1.82) is 0 Å². The molecule has 2 aliphatic rings. The van der Waals surface area contributed by atoms with Crippen molar-refractivity contribution in [3.63, 3.8) is 0 Å². The highest BCUT2D eigenvalue weighted by Gasteiger charge is 2.38. The number of carbonyl (C=O) groups is 1. The molecular formula is C11H19ClN2O3S. The number of likely N-dealkylation sites (tertiary alicyclic amines) is 1. The minimum Gasteiger partial charge on any atom is -0.333 e. The van der Waals surface area contributed by atoms with Gasteiger partial charge in [-0.15, -0.1) is 11.6 Å². The van der Waals surface area contributed by atoms with Gasteiger partial charge >= 0.3 is 6.03 Å². The van der Waals surface area contributed by atoms with Gasteiger partial charge in [0.1, 0.15) is 0 Å². The molecule has 0 aromatic rings. The van der Waals surface area contributed by atoms with E-state index < -0.39 is 21.3 Å². The number of sulfone groups is 1. The van der Waals surface area contributed by atoms with Crippen molar-refractivity contribution in [3.8, 4) is 0 Å². The fourth-order valence-electron chi connectivity index (χ4n) is 2.40. The number of nitrogens with zero attached hydrogens (tertiary/aromatic N) is 1. The third-order valence-electron chi connectivity index (χ3n) is 3.66. The summed E-state index contributed by atoms with van der Waals surface area (Å²) in [4.78, 5) is 13.7. The third-order valence-corrected chi connectivity index (χ3v) is 6.04. The maximum absolute atomic E-state index is 12.0. The molecule has 104 valence electrons. The van der Waals surface area contributed by atoms with E-state index in [0.29, 0.717) is 5.92 Å². The summed E-state index contributed by atoms with van der Waals surface area (Å²) in [5.74, 6) is 0.565. The van der Waals surface area contributed by atoms with Crippen molar-refractivity contribution in [3.05, 3.63) is 0 Å². The number of halogens is 1. The first-order valence-corrected chi connectivity index (χ1v) is 8.53. The van der Waals surface area contributed by atoms with Crippen LogP contribution in [0.15, 0.2) is 0 Å². The predicted octanol–water partition coefficient (Wildman–Crippen LogP) is 0.832. The van der Waals surface area contributed by atoms with Crippen LogP contribution in [-0.2, 0) is 9.84 Å². The Hall–Kier alpha value is -0.490. The van der Waals surface area contributed by atoms with Crippen LogP contribution < -0.4 is 5.32 Å². The maximum atomic E-state index is 12.0. The molecule has 0 bridgehead atoms. The topological polar surface area (TPSA) is 66.5 Å². The first-order chi connectivity index (χ1) is 8.37. The van der Waals surface area contributed by atoms with Gasteiger partial charge in [-0.3, -0.25) is 0 Å². The van der Waals surface area contributed by atoms with E-state index in [1.807, 2.05) is 0 Å². The highest BCUT2D eigenvalue weighted by molar-refractivity contribution is 7.91. The van der Waals surface area contributed by atoms with Gasteiger partial charge in [0, 0.05) is 13.1 Å². The molecule has 5 nitrogen and oxygen atoms in total. The van der Waals surface area contributed by atoms with E-state index in [2.05, 4.69) is 12.2 Å². The number of hydrogen-bond donors (Lipinski definition) is 1. The van der Waals surface area contributed by atoms with Crippen molar-refractivity contribution >= 4 is 27.5 Å². The van der Waals surface area contributed by atoms with E-state index in [0.717, 1.165) is 25.9 Å². The number of nitrogens with one attached hydrogen (secondary N) is 1. The molecule has 0 aromatic heterocycles. The minimum absolute atomic E-state index is 0.0445. The Kier molecular flexibility index (Phi) is 4.06. The lowest BCUT2D eigenvalue weighted by Crippen LogP contribution is -2.50. The van der Waals surface area contributed by atoms with Crippen molar-refractivity contribution in [1.82, 2.24) is 10.2 Å². The third kappa shape index (κ3) is 3.29. The quantitative estimate of drug-likeness (QED) is 0.729. The number of piperidine rings is 1. The van der Waals surface area contributed by atoms with Crippen molar-refractivity contribution < 1.29 is 13.2 Å². The van der Waals surface area contributed by atoms with Gasteiger partial charge in [0.2, 0.25) is 0 Å². The van der Waals surface area contributed by atoms with Gasteiger partial charge in [-0.1, -0.05) is 6.92 Å². The van der Waals surface area contributed by atoms with Gasteiger partial charge < -0.3 is 10.2 Å². The van der Waals surface area contributed by atoms with E-state index in [9.17, 15) is 13.2 Å². The van der Waals surface area contributed by atoms with Gasteiger partial charge in [-0.2, -0.15) is 0 Å². The Morgan fingerprint density at radius 2 is 1.89 bits per heavy atom. The molecule has 0 radical (unpaired) electrons. The number of carbonyl (C=O) groups excluding carboxylic acids is 1. The van der Waals surface area contributed by atoms with Crippen LogP contribution in [0, 0.1) is 5.92 Å². The maximum Gasteiger partial charge on any atom is 0.317 e. The molecule has 0 spiro atoms. The second-order valence-electron chi connectivity index (χ2n) is 5.32. The van der Waals surface area contributed by atoms with Crippen LogP contribution in [0.2, 0.25) is 0 Å². The van der Waals surface area contributed by atoms with Gasteiger partial charge in [-0.05, 0) is 18.8 Å². The summed E-state index contributed by atoms with van der Waals surface area (Å²) >= 11 is 5.96. The molecule has 0 aliphatic carbocycles. The van der Waals surface area contributed by atoms with Gasteiger partial charge in [0.15, 0.2) is 9.84 Å². The van der Waals surface area contributed by atoms with Crippen LogP contribution in [0.3, 0.4) is 0 Å². The highest BCUT2D eigenvalue weighted by atomic mass is 35.5. The molecule has 2 amide bonds. The Bertz CT molecular complexity index is 418. The largest absolute Gasteiger partial charge is 0.333 e. The standard InChI is InChI=1S/C11H19ClN2O3S/c1-8-2-4-14(5-3-8)11(15)13-10-7-18(16,17)6-9(10)12/h8-10H,2-7H2,1H3,(H,13,15). The monoisotopic (exact) mass is 294 g/mol. The summed E-state index contributed by atoms with van der Waals surface area (Å²) in [5, 5.41) is 2.23. The number of alkyl halides is 1. The Morgan fingerprint density at radius 3 is 2.39 bits per heavy atom. The molecule has 2 atom stereocenters. The zero-order valence-corrected chi connectivity index (χ0v) is 12.0. The first kappa shape index (κ1) is 13.9. The first-order valence-electron chi connectivity index (χ1n) is 6.27. The molecule has 2 heterocycles. The number of hydrogen-bond acceptors (Lipinski definition) is 3. The lowest BCUT2D eigenvalue weighted by molar-refractivity contribution is 0.171.